The Labute approximate surface area is 165 Å². The largest absolute Gasteiger partial charge is 0.370 e. The average molecular weight is 414 g/mol. The van der Waals surface area contributed by atoms with Gasteiger partial charge in [0.2, 0.25) is 0 Å². The number of hydrogen-bond acceptors (Lipinski definition) is 4. The Morgan fingerprint density at radius 2 is 1.80 bits per heavy atom. The van der Waals surface area contributed by atoms with Gasteiger partial charge in [0.05, 0.1) is 22.6 Å². The summed E-state index contributed by atoms with van der Waals surface area (Å²) in [6, 6.07) is 13.3. The molecule has 25 heavy (non-hydrogen) atoms. The first kappa shape index (κ1) is 18.4. The number of rotatable bonds is 7. The summed E-state index contributed by atoms with van der Waals surface area (Å²) >= 11 is 20.0. The lowest BCUT2D eigenvalue weighted by Crippen LogP contribution is -2.23. The van der Waals surface area contributed by atoms with Crippen molar-refractivity contribution in [2.75, 3.05) is 5.32 Å². The third kappa shape index (κ3) is 5.54. The number of anilines is 1. The third-order valence-electron chi connectivity index (χ3n) is 3.43. The summed E-state index contributed by atoms with van der Waals surface area (Å²) in [6.07, 6.45) is 3.22. The molecule has 2 aromatic carbocycles. The fraction of sp³-hybridized carbons (Fsp3) is 0.176. The minimum Gasteiger partial charge on any atom is -0.370 e. The van der Waals surface area contributed by atoms with E-state index >= 15 is 0 Å². The van der Waals surface area contributed by atoms with E-state index in [1.54, 1.807) is 28.8 Å². The summed E-state index contributed by atoms with van der Waals surface area (Å²) in [7, 11) is 0. The van der Waals surface area contributed by atoms with Crippen LogP contribution in [0.4, 0.5) is 5.69 Å². The first-order valence-electron chi connectivity index (χ1n) is 7.50. The molecule has 0 fully saturated rings. The predicted octanol–water partition coefficient (Wildman–Crippen LogP) is 5.61. The van der Waals surface area contributed by atoms with E-state index in [4.69, 9.17) is 34.8 Å². The second kappa shape index (κ2) is 8.81. The standard InChI is InChI=1S/C17H15Cl3N4S/c18-13-3-1-12(2-4-13)9-25-17(8-24-11-21-10-22-24)23-16-6-5-14(19)7-15(16)20/h1-7,10-11,17,23H,8-9H2. The van der Waals surface area contributed by atoms with Crippen LogP contribution in [0.2, 0.25) is 15.1 Å². The van der Waals surface area contributed by atoms with Gasteiger partial charge in [0, 0.05) is 15.8 Å². The number of aromatic nitrogens is 3. The summed E-state index contributed by atoms with van der Waals surface area (Å²) in [5, 5.41) is 9.62. The zero-order chi connectivity index (χ0) is 17.6. The Hall–Kier alpha value is -1.40. The van der Waals surface area contributed by atoms with Crippen molar-refractivity contribution in [3.63, 3.8) is 0 Å². The molecule has 3 aromatic rings. The van der Waals surface area contributed by atoms with Crippen molar-refractivity contribution in [1.82, 2.24) is 14.8 Å². The van der Waals surface area contributed by atoms with Gasteiger partial charge in [-0.3, -0.25) is 4.68 Å². The highest BCUT2D eigenvalue weighted by Gasteiger charge is 2.13. The van der Waals surface area contributed by atoms with E-state index in [9.17, 15) is 0 Å². The average Bonchev–Trinajstić information content (AvgIpc) is 3.09. The Kier molecular flexibility index (Phi) is 6.48. The molecule has 0 aliphatic carbocycles. The van der Waals surface area contributed by atoms with Crippen LogP contribution in [0.1, 0.15) is 5.56 Å². The molecule has 8 heteroatoms. The Bertz CT molecular complexity index is 809. The summed E-state index contributed by atoms with van der Waals surface area (Å²) in [6.45, 7) is 0.650. The highest BCUT2D eigenvalue weighted by Crippen LogP contribution is 2.29. The summed E-state index contributed by atoms with van der Waals surface area (Å²) in [5.74, 6) is 0.828. The smallest absolute Gasteiger partial charge is 0.137 e. The van der Waals surface area contributed by atoms with Crippen LogP contribution in [0.25, 0.3) is 0 Å². The van der Waals surface area contributed by atoms with E-state index in [1.165, 1.54) is 11.9 Å². The molecule has 1 aromatic heterocycles. The van der Waals surface area contributed by atoms with Crippen LogP contribution in [0.5, 0.6) is 0 Å². The number of halogens is 3. The molecular formula is C17H15Cl3N4S. The van der Waals surface area contributed by atoms with Crippen LogP contribution >= 0.6 is 46.6 Å². The Balaban J connectivity index is 1.71. The SMILES string of the molecule is Clc1ccc(CSC(Cn2cncn2)Nc2ccc(Cl)cc2Cl)cc1. The lowest BCUT2D eigenvalue weighted by molar-refractivity contribution is 0.616. The molecule has 0 saturated heterocycles. The van der Waals surface area contributed by atoms with Crippen molar-refractivity contribution in [1.29, 1.82) is 0 Å². The van der Waals surface area contributed by atoms with Gasteiger partial charge in [-0.05, 0) is 35.9 Å². The van der Waals surface area contributed by atoms with E-state index in [2.05, 4.69) is 15.4 Å². The highest BCUT2D eigenvalue weighted by atomic mass is 35.5. The number of thioether (sulfide) groups is 1. The zero-order valence-corrected chi connectivity index (χ0v) is 16.2. The van der Waals surface area contributed by atoms with Crippen molar-refractivity contribution >= 4 is 52.3 Å². The second-order valence-corrected chi connectivity index (χ2v) is 7.78. The number of nitrogens with one attached hydrogen (secondary N) is 1. The van der Waals surface area contributed by atoms with Gasteiger partial charge in [-0.25, -0.2) is 4.98 Å². The Morgan fingerprint density at radius 1 is 1.04 bits per heavy atom. The molecule has 0 saturated carbocycles. The van der Waals surface area contributed by atoms with E-state index in [1.807, 2.05) is 36.4 Å². The van der Waals surface area contributed by atoms with Gasteiger partial charge in [-0.1, -0.05) is 46.9 Å². The molecule has 0 radical (unpaired) electrons. The number of nitrogens with zero attached hydrogens (tertiary/aromatic N) is 3. The molecule has 0 amide bonds. The zero-order valence-electron chi connectivity index (χ0n) is 13.1. The molecular weight excluding hydrogens is 399 g/mol. The van der Waals surface area contributed by atoms with E-state index in [0.29, 0.717) is 16.6 Å². The molecule has 1 atom stereocenters. The van der Waals surface area contributed by atoms with Gasteiger partial charge in [0.25, 0.3) is 0 Å². The van der Waals surface area contributed by atoms with Crippen molar-refractivity contribution in [2.24, 2.45) is 0 Å². The normalized spacial score (nSPS) is 12.1. The quantitative estimate of drug-likeness (QED) is 0.511. The molecule has 0 aliphatic heterocycles. The van der Waals surface area contributed by atoms with Crippen LogP contribution in [0.15, 0.2) is 55.1 Å². The molecule has 1 unspecified atom stereocenters. The van der Waals surface area contributed by atoms with Crippen molar-refractivity contribution in [3.8, 4) is 0 Å². The molecule has 0 bridgehead atoms. The van der Waals surface area contributed by atoms with E-state index in [-0.39, 0.29) is 5.37 Å². The predicted molar refractivity (Wildman–Crippen MR) is 107 cm³/mol. The molecule has 0 aliphatic rings. The monoisotopic (exact) mass is 412 g/mol. The molecule has 0 spiro atoms. The van der Waals surface area contributed by atoms with Crippen LogP contribution in [0.3, 0.4) is 0 Å². The van der Waals surface area contributed by atoms with Crippen molar-refractivity contribution in [3.05, 3.63) is 75.8 Å². The maximum absolute atomic E-state index is 6.28. The van der Waals surface area contributed by atoms with Crippen LogP contribution < -0.4 is 5.32 Å². The minimum atomic E-state index is 0.0519. The summed E-state index contributed by atoms with van der Waals surface area (Å²) < 4.78 is 1.79. The first-order valence-corrected chi connectivity index (χ1v) is 9.68. The van der Waals surface area contributed by atoms with E-state index < -0.39 is 0 Å². The number of benzene rings is 2. The fourth-order valence-corrected chi connectivity index (χ4v) is 3.84. The molecule has 1 N–H and O–H groups in total. The first-order chi connectivity index (χ1) is 12.1. The van der Waals surface area contributed by atoms with Gasteiger partial charge in [-0.2, -0.15) is 5.10 Å². The molecule has 4 nitrogen and oxygen atoms in total. The van der Waals surface area contributed by atoms with E-state index in [0.717, 1.165) is 16.5 Å². The number of hydrogen-bond donors (Lipinski definition) is 1. The van der Waals surface area contributed by atoms with Gasteiger partial charge in [-0.15, -0.1) is 11.8 Å². The lowest BCUT2D eigenvalue weighted by Gasteiger charge is -2.20. The third-order valence-corrected chi connectivity index (χ3v) is 5.40. The second-order valence-electron chi connectivity index (χ2n) is 5.31. The maximum Gasteiger partial charge on any atom is 0.137 e. The van der Waals surface area contributed by atoms with Gasteiger partial charge in [0.1, 0.15) is 12.7 Å². The summed E-state index contributed by atoms with van der Waals surface area (Å²) in [5.41, 5.74) is 2.03. The lowest BCUT2D eigenvalue weighted by atomic mass is 10.2. The fourth-order valence-electron chi connectivity index (χ4n) is 2.19. The molecule has 130 valence electrons. The van der Waals surface area contributed by atoms with Crippen molar-refractivity contribution < 1.29 is 0 Å². The topological polar surface area (TPSA) is 42.7 Å². The van der Waals surface area contributed by atoms with Crippen LogP contribution in [-0.2, 0) is 12.3 Å². The van der Waals surface area contributed by atoms with Crippen molar-refractivity contribution in [2.45, 2.75) is 17.7 Å². The van der Waals surface area contributed by atoms with Gasteiger partial charge < -0.3 is 5.32 Å². The van der Waals surface area contributed by atoms with Crippen LogP contribution in [0, 0.1) is 0 Å². The summed E-state index contributed by atoms with van der Waals surface area (Å²) in [4.78, 5) is 4.00. The highest BCUT2D eigenvalue weighted by molar-refractivity contribution is 7.99. The Morgan fingerprint density at radius 3 is 2.48 bits per heavy atom. The van der Waals surface area contributed by atoms with Gasteiger partial charge in [0.15, 0.2) is 0 Å². The van der Waals surface area contributed by atoms with Gasteiger partial charge >= 0.3 is 0 Å². The minimum absolute atomic E-state index is 0.0519. The van der Waals surface area contributed by atoms with Crippen LogP contribution in [-0.4, -0.2) is 20.1 Å². The molecule has 3 rings (SSSR count). The molecule has 1 heterocycles. The maximum atomic E-state index is 6.28.